The van der Waals surface area contributed by atoms with Gasteiger partial charge in [-0.3, -0.25) is 4.79 Å². The van der Waals surface area contributed by atoms with Crippen molar-refractivity contribution in [2.75, 3.05) is 6.61 Å². The second-order valence-electron chi connectivity index (χ2n) is 4.10. The number of carbonyl (C=O) groups is 1. The molecule has 0 spiro atoms. The van der Waals surface area contributed by atoms with Gasteiger partial charge in [-0.15, -0.1) is 11.3 Å². The van der Waals surface area contributed by atoms with Crippen LogP contribution in [-0.2, 0) is 13.6 Å². The zero-order valence-corrected chi connectivity index (χ0v) is 12.4. The third kappa shape index (κ3) is 3.64. The molecule has 0 saturated carbocycles. The van der Waals surface area contributed by atoms with Crippen molar-refractivity contribution in [1.29, 1.82) is 0 Å². The van der Waals surface area contributed by atoms with E-state index < -0.39 is 0 Å². The van der Waals surface area contributed by atoms with Gasteiger partial charge in [0.05, 0.1) is 11.6 Å². The largest absolute Gasteiger partial charge is 0.384 e. The van der Waals surface area contributed by atoms with Crippen LogP contribution in [0.1, 0.15) is 20.9 Å². The average Bonchev–Trinajstić information content (AvgIpc) is 3.00. The molecule has 0 bridgehead atoms. The summed E-state index contributed by atoms with van der Waals surface area (Å²) in [4.78, 5) is 13.0. The Kier molecular flexibility index (Phi) is 4.85. The molecule has 0 aliphatic rings. The molecule has 2 heterocycles. The maximum Gasteiger partial charge on any atom is 0.268 e. The first-order chi connectivity index (χ1) is 9.60. The normalized spacial score (nSPS) is 9.95. The lowest BCUT2D eigenvalue weighted by atomic mass is 10.3. The van der Waals surface area contributed by atoms with E-state index in [0.717, 1.165) is 10.4 Å². The SMILES string of the molecule is Cn1cc(Cl)cc1C(=O)NCc1cc(C#CCO)cs1. The molecule has 4 nitrogen and oxygen atoms in total. The van der Waals surface area contributed by atoms with E-state index in [1.807, 2.05) is 11.4 Å². The van der Waals surface area contributed by atoms with Crippen molar-refractivity contribution in [3.05, 3.63) is 44.9 Å². The number of hydrogen-bond donors (Lipinski definition) is 2. The molecule has 104 valence electrons. The number of hydrogen-bond acceptors (Lipinski definition) is 3. The van der Waals surface area contributed by atoms with Gasteiger partial charge in [0.1, 0.15) is 12.3 Å². The van der Waals surface area contributed by atoms with Crippen LogP contribution >= 0.6 is 22.9 Å². The molecular weight excluding hydrogens is 296 g/mol. The predicted molar refractivity (Wildman–Crippen MR) is 79.9 cm³/mol. The molecule has 0 fully saturated rings. The van der Waals surface area contributed by atoms with Gasteiger partial charge in [0.15, 0.2) is 0 Å². The Balaban J connectivity index is 1.96. The summed E-state index contributed by atoms with van der Waals surface area (Å²) in [6.07, 6.45) is 1.68. The Morgan fingerprint density at radius 1 is 1.55 bits per heavy atom. The van der Waals surface area contributed by atoms with Crippen molar-refractivity contribution >= 4 is 28.8 Å². The van der Waals surface area contributed by atoms with Gasteiger partial charge in [-0.1, -0.05) is 23.4 Å². The van der Waals surface area contributed by atoms with Gasteiger partial charge in [-0.2, -0.15) is 0 Å². The van der Waals surface area contributed by atoms with Gasteiger partial charge in [0, 0.05) is 29.1 Å². The fraction of sp³-hybridized carbons (Fsp3) is 0.214. The number of nitrogens with zero attached hydrogens (tertiary/aromatic N) is 1. The van der Waals surface area contributed by atoms with E-state index in [1.54, 1.807) is 23.9 Å². The molecule has 0 atom stereocenters. The molecule has 2 aromatic heterocycles. The molecule has 6 heteroatoms. The Hall–Kier alpha value is -1.74. The standard InChI is InChI=1S/C14H13ClN2O2S/c1-17-8-11(15)6-13(17)14(19)16-7-12-5-10(9-20-12)3-2-4-18/h5-6,8-9,18H,4,7H2,1H3,(H,16,19). The quantitative estimate of drug-likeness (QED) is 0.852. The van der Waals surface area contributed by atoms with Crippen LogP contribution in [0.3, 0.4) is 0 Å². The lowest BCUT2D eigenvalue weighted by molar-refractivity contribution is 0.0943. The highest BCUT2D eigenvalue weighted by Crippen LogP contribution is 2.15. The van der Waals surface area contributed by atoms with E-state index in [0.29, 0.717) is 17.3 Å². The molecule has 0 aromatic carbocycles. The number of aliphatic hydroxyl groups is 1. The topological polar surface area (TPSA) is 54.3 Å². The summed E-state index contributed by atoms with van der Waals surface area (Å²) in [6, 6.07) is 3.52. The highest BCUT2D eigenvalue weighted by Gasteiger charge is 2.11. The maximum atomic E-state index is 12.0. The van der Waals surface area contributed by atoms with Crippen LogP contribution in [0.5, 0.6) is 0 Å². The monoisotopic (exact) mass is 308 g/mol. The summed E-state index contributed by atoms with van der Waals surface area (Å²) in [5, 5.41) is 13.9. The summed E-state index contributed by atoms with van der Waals surface area (Å²) < 4.78 is 1.68. The third-order valence-electron chi connectivity index (χ3n) is 2.59. The van der Waals surface area contributed by atoms with Crippen LogP contribution in [0, 0.1) is 11.8 Å². The van der Waals surface area contributed by atoms with E-state index in [4.69, 9.17) is 16.7 Å². The van der Waals surface area contributed by atoms with Crippen molar-refractivity contribution in [2.45, 2.75) is 6.54 Å². The van der Waals surface area contributed by atoms with E-state index >= 15 is 0 Å². The Labute approximate surface area is 126 Å². The van der Waals surface area contributed by atoms with Crippen LogP contribution in [0.25, 0.3) is 0 Å². The van der Waals surface area contributed by atoms with Crippen LogP contribution in [0.15, 0.2) is 23.7 Å². The molecule has 0 radical (unpaired) electrons. The van der Waals surface area contributed by atoms with E-state index in [9.17, 15) is 4.79 Å². The smallest absolute Gasteiger partial charge is 0.268 e. The minimum absolute atomic E-state index is 0.157. The molecule has 0 saturated heterocycles. The van der Waals surface area contributed by atoms with Crippen molar-refractivity contribution in [2.24, 2.45) is 7.05 Å². The first kappa shape index (κ1) is 14.7. The molecule has 2 rings (SSSR count). The Morgan fingerprint density at radius 3 is 3.00 bits per heavy atom. The zero-order valence-electron chi connectivity index (χ0n) is 10.8. The van der Waals surface area contributed by atoms with E-state index in [2.05, 4.69) is 17.2 Å². The number of aliphatic hydroxyl groups excluding tert-OH is 1. The van der Waals surface area contributed by atoms with Gasteiger partial charge in [-0.05, 0) is 12.1 Å². The average molecular weight is 309 g/mol. The highest BCUT2D eigenvalue weighted by molar-refractivity contribution is 7.10. The van der Waals surface area contributed by atoms with Crippen LogP contribution < -0.4 is 5.32 Å². The number of nitrogens with one attached hydrogen (secondary N) is 1. The van der Waals surface area contributed by atoms with Crippen LogP contribution in [0.2, 0.25) is 5.02 Å². The van der Waals surface area contributed by atoms with E-state index in [-0.39, 0.29) is 12.5 Å². The molecule has 0 aliphatic carbocycles. The molecular formula is C14H13ClN2O2S. The number of carbonyl (C=O) groups excluding carboxylic acids is 1. The third-order valence-corrected chi connectivity index (χ3v) is 3.74. The minimum atomic E-state index is -0.171. The van der Waals surface area contributed by atoms with Crippen molar-refractivity contribution < 1.29 is 9.90 Å². The second-order valence-corrected chi connectivity index (χ2v) is 5.53. The van der Waals surface area contributed by atoms with Crippen molar-refractivity contribution in [1.82, 2.24) is 9.88 Å². The summed E-state index contributed by atoms with van der Waals surface area (Å²) in [5.41, 5.74) is 1.36. The van der Waals surface area contributed by atoms with Gasteiger partial charge in [0.2, 0.25) is 0 Å². The van der Waals surface area contributed by atoms with Gasteiger partial charge in [-0.25, -0.2) is 0 Å². The second kappa shape index (κ2) is 6.62. The maximum absolute atomic E-state index is 12.0. The number of thiophene rings is 1. The number of aryl methyl sites for hydroxylation is 1. The highest BCUT2D eigenvalue weighted by atomic mass is 35.5. The molecule has 2 aromatic rings. The Bertz CT molecular complexity index is 679. The lowest BCUT2D eigenvalue weighted by Gasteiger charge is -2.04. The van der Waals surface area contributed by atoms with Crippen molar-refractivity contribution in [3.63, 3.8) is 0 Å². The fourth-order valence-electron chi connectivity index (χ4n) is 1.69. The number of aromatic nitrogens is 1. The number of halogens is 1. The van der Waals surface area contributed by atoms with E-state index in [1.165, 1.54) is 11.3 Å². The fourth-order valence-corrected chi connectivity index (χ4v) is 2.69. The summed E-state index contributed by atoms with van der Waals surface area (Å²) in [7, 11) is 1.77. The predicted octanol–water partition coefficient (Wildman–Crippen LogP) is 2.01. The number of rotatable bonds is 3. The minimum Gasteiger partial charge on any atom is -0.384 e. The molecule has 20 heavy (non-hydrogen) atoms. The molecule has 2 N–H and O–H groups in total. The number of amides is 1. The van der Waals surface area contributed by atoms with Crippen molar-refractivity contribution in [3.8, 4) is 11.8 Å². The Morgan fingerprint density at radius 2 is 2.35 bits per heavy atom. The summed E-state index contributed by atoms with van der Waals surface area (Å²) in [5.74, 6) is 5.24. The summed E-state index contributed by atoms with van der Waals surface area (Å²) >= 11 is 7.36. The first-order valence-corrected chi connectivity index (χ1v) is 7.13. The van der Waals surface area contributed by atoms with Crippen LogP contribution in [0.4, 0.5) is 0 Å². The molecule has 0 unspecified atom stereocenters. The summed E-state index contributed by atoms with van der Waals surface area (Å²) in [6.45, 7) is 0.281. The first-order valence-electron chi connectivity index (χ1n) is 5.87. The molecule has 1 amide bonds. The lowest BCUT2D eigenvalue weighted by Crippen LogP contribution is -2.24. The van der Waals surface area contributed by atoms with Gasteiger partial charge >= 0.3 is 0 Å². The zero-order chi connectivity index (χ0) is 14.5. The molecule has 0 aliphatic heterocycles. The van der Waals surface area contributed by atoms with Gasteiger partial charge < -0.3 is 15.0 Å². The van der Waals surface area contributed by atoms with Gasteiger partial charge in [0.25, 0.3) is 5.91 Å². The van der Waals surface area contributed by atoms with Crippen LogP contribution in [-0.4, -0.2) is 22.2 Å².